The first kappa shape index (κ1) is 21.0. The van der Waals surface area contributed by atoms with Crippen LogP contribution < -0.4 is 5.32 Å². The predicted molar refractivity (Wildman–Crippen MR) is 125 cm³/mol. The molecule has 0 saturated heterocycles. The molecule has 3 aromatic carbocycles. The van der Waals surface area contributed by atoms with Crippen LogP contribution in [0, 0.1) is 6.92 Å². The lowest BCUT2D eigenvalue weighted by atomic mass is 10.1. The van der Waals surface area contributed by atoms with Crippen LogP contribution in [0.5, 0.6) is 0 Å². The molecule has 156 valence electrons. The summed E-state index contributed by atoms with van der Waals surface area (Å²) in [5, 5.41) is 5.84. The van der Waals surface area contributed by atoms with E-state index in [1.807, 2.05) is 60.0 Å². The van der Waals surface area contributed by atoms with E-state index in [1.54, 1.807) is 18.3 Å². The van der Waals surface area contributed by atoms with E-state index in [2.05, 4.69) is 5.32 Å². The number of sulfone groups is 1. The number of hydrogen-bond acceptors (Lipinski definition) is 5. The van der Waals surface area contributed by atoms with Crippen LogP contribution in [0.15, 0.2) is 83.1 Å². The molecule has 7 heteroatoms. The average Bonchev–Trinajstić information content (AvgIpc) is 3.24. The normalized spacial score (nSPS) is 11.3. The van der Waals surface area contributed by atoms with Crippen molar-refractivity contribution in [1.82, 2.24) is 4.98 Å². The minimum Gasteiger partial charge on any atom is -0.322 e. The second kappa shape index (κ2) is 8.45. The molecule has 1 aromatic heterocycles. The molecule has 0 fully saturated rings. The Morgan fingerprint density at radius 2 is 1.65 bits per heavy atom. The zero-order valence-electron chi connectivity index (χ0n) is 17.0. The van der Waals surface area contributed by atoms with Gasteiger partial charge in [-0.15, -0.1) is 11.3 Å². The van der Waals surface area contributed by atoms with Crippen LogP contribution in [0.25, 0.3) is 21.8 Å². The number of nitrogens with zero attached hydrogens (tertiary/aromatic N) is 1. The molecule has 0 atom stereocenters. The molecule has 0 unspecified atom stereocenters. The number of aryl methyl sites for hydroxylation is 1. The van der Waals surface area contributed by atoms with E-state index >= 15 is 0 Å². The van der Waals surface area contributed by atoms with Crippen LogP contribution in [0.4, 0.5) is 5.69 Å². The third kappa shape index (κ3) is 4.73. The van der Waals surface area contributed by atoms with Crippen LogP contribution in [-0.4, -0.2) is 25.6 Å². The minimum atomic E-state index is -3.31. The molecule has 4 aromatic rings. The fraction of sp³-hybridized carbons (Fsp3) is 0.0833. The van der Waals surface area contributed by atoms with E-state index in [4.69, 9.17) is 4.98 Å². The topological polar surface area (TPSA) is 76.1 Å². The van der Waals surface area contributed by atoms with Gasteiger partial charge in [-0.2, -0.15) is 0 Å². The van der Waals surface area contributed by atoms with Gasteiger partial charge in [-0.3, -0.25) is 4.79 Å². The fourth-order valence-electron chi connectivity index (χ4n) is 3.16. The number of carbonyl (C=O) groups is 1. The van der Waals surface area contributed by atoms with Crippen molar-refractivity contribution in [3.63, 3.8) is 0 Å². The lowest BCUT2D eigenvalue weighted by Gasteiger charge is -2.09. The number of rotatable bonds is 5. The Morgan fingerprint density at radius 3 is 2.29 bits per heavy atom. The minimum absolute atomic E-state index is 0.198. The zero-order chi connectivity index (χ0) is 22.0. The first-order chi connectivity index (χ1) is 14.8. The Morgan fingerprint density at radius 1 is 0.935 bits per heavy atom. The maximum Gasteiger partial charge on any atom is 0.255 e. The van der Waals surface area contributed by atoms with Crippen molar-refractivity contribution < 1.29 is 13.2 Å². The Bertz CT molecular complexity index is 1340. The summed E-state index contributed by atoms with van der Waals surface area (Å²) in [5.41, 5.74) is 4.62. The first-order valence-electron chi connectivity index (χ1n) is 9.55. The first-order valence-corrected chi connectivity index (χ1v) is 12.3. The lowest BCUT2D eigenvalue weighted by Crippen LogP contribution is -2.14. The summed E-state index contributed by atoms with van der Waals surface area (Å²) in [6, 6.07) is 22.0. The molecular weight excluding hydrogens is 428 g/mol. The number of aromatic nitrogens is 1. The number of thiazole rings is 1. The Hall–Kier alpha value is -3.29. The summed E-state index contributed by atoms with van der Waals surface area (Å²) in [5.74, 6) is -0.287. The summed E-state index contributed by atoms with van der Waals surface area (Å²) < 4.78 is 23.4. The van der Waals surface area contributed by atoms with Gasteiger partial charge in [0.15, 0.2) is 9.84 Å². The second-order valence-electron chi connectivity index (χ2n) is 7.18. The van der Waals surface area contributed by atoms with Crippen molar-refractivity contribution >= 4 is 32.8 Å². The molecule has 0 aliphatic carbocycles. The van der Waals surface area contributed by atoms with Gasteiger partial charge in [0.05, 0.1) is 10.6 Å². The number of anilines is 1. The zero-order valence-corrected chi connectivity index (χ0v) is 18.6. The van der Waals surface area contributed by atoms with Gasteiger partial charge in [-0.25, -0.2) is 13.4 Å². The smallest absolute Gasteiger partial charge is 0.255 e. The van der Waals surface area contributed by atoms with E-state index in [0.717, 1.165) is 28.1 Å². The van der Waals surface area contributed by atoms with E-state index in [1.165, 1.54) is 18.2 Å². The molecule has 0 saturated carbocycles. The van der Waals surface area contributed by atoms with Crippen molar-refractivity contribution in [2.45, 2.75) is 11.8 Å². The standard InChI is InChI=1S/C24H20N2O3S2/c1-16-14-20(31(2,28)29)12-13-21(16)23(27)25-19-10-8-17(9-11-19)22-15-30-24(26-22)18-6-4-3-5-7-18/h3-15H,1-2H3,(H,25,27). The number of benzene rings is 3. The van der Waals surface area contributed by atoms with Crippen molar-refractivity contribution in [3.05, 3.63) is 89.3 Å². The highest BCUT2D eigenvalue weighted by Gasteiger charge is 2.14. The summed E-state index contributed by atoms with van der Waals surface area (Å²) in [7, 11) is -3.31. The van der Waals surface area contributed by atoms with Gasteiger partial charge in [0, 0.05) is 34.0 Å². The SMILES string of the molecule is Cc1cc(S(C)(=O)=O)ccc1C(=O)Nc1ccc(-c2csc(-c3ccccc3)n2)cc1. The van der Waals surface area contributed by atoms with Gasteiger partial charge in [0.1, 0.15) is 5.01 Å². The van der Waals surface area contributed by atoms with E-state index in [-0.39, 0.29) is 10.8 Å². The van der Waals surface area contributed by atoms with E-state index < -0.39 is 9.84 Å². The second-order valence-corrected chi connectivity index (χ2v) is 10.1. The third-order valence-electron chi connectivity index (χ3n) is 4.83. The van der Waals surface area contributed by atoms with E-state index in [0.29, 0.717) is 16.8 Å². The molecule has 0 aliphatic heterocycles. The van der Waals surface area contributed by atoms with Crippen molar-refractivity contribution in [2.75, 3.05) is 11.6 Å². The molecule has 1 amide bonds. The van der Waals surface area contributed by atoms with E-state index in [9.17, 15) is 13.2 Å². The van der Waals surface area contributed by atoms with Crippen LogP contribution in [0.3, 0.4) is 0 Å². The maximum atomic E-state index is 12.6. The maximum absolute atomic E-state index is 12.6. The highest BCUT2D eigenvalue weighted by molar-refractivity contribution is 7.90. The quantitative estimate of drug-likeness (QED) is 0.441. The highest BCUT2D eigenvalue weighted by Crippen LogP contribution is 2.29. The summed E-state index contributed by atoms with van der Waals surface area (Å²) in [4.78, 5) is 17.5. The van der Waals surface area contributed by atoms with Crippen LogP contribution in [0.1, 0.15) is 15.9 Å². The van der Waals surface area contributed by atoms with Crippen molar-refractivity contribution in [2.24, 2.45) is 0 Å². The molecule has 1 N–H and O–H groups in total. The van der Waals surface area contributed by atoms with Crippen LogP contribution in [-0.2, 0) is 9.84 Å². The van der Waals surface area contributed by atoms with Gasteiger partial charge < -0.3 is 5.32 Å². The van der Waals surface area contributed by atoms with Gasteiger partial charge in [0.2, 0.25) is 0 Å². The molecule has 31 heavy (non-hydrogen) atoms. The molecule has 0 bridgehead atoms. The number of carbonyl (C=O) groups excluding carboxylic acids is 1. The largest absolute Gasteiger partial charge is 0.322 e. The van der Waals surface area contributed by atoms with Crippen LogP contribution in [0.2, 0.25) is 0 Å². The van der Waals surface area contributed by atoms with Gasteiger partial charge in [-0.1, -0.05) is 42.5 Å². The molecule has 1 heterocycles. The predicted octanol–water partition coefficient (Wildman–Crippen LogP) is 5.44. The Labute approximate surface area is 185 Å². The summed E-state index contributed by atoms with van der Waals surface area (Å²) in [6.45, 7) is 1.72. The molecule has 0 radical (unpaired) electrons. The number of nitrogens with one attached hydrogen (secondary N) is 1. The van der Waals surface area contributed by atoms with Gasteiger partial charge in [0.25, 0.3) is 5.91 Å². The number of amides is 1. The Balaban J connectivity index is 1.49. The molecule has 0 aliphatic rings. The third-order valence-corrected chi connectivity index (χ3v) is 6.84. The molecule has 5 nitrogen and oxygen atoms in total. The summed E-state index contributed by atoms with van der Waals surface area (Å²) >= 11 is 1.59. The van der Waals surface area contributed by atoms with Crippen LogP contribution >= 0.6 is 11.3 Å². The monoisotopic (exact) mass is 448 g/mol. The average molecular weight is 449 g/mol. The Kier molecular flexibility index (Phi) is 5.71. The molecular formula is C24H20N2O3S2. The van der Waals surface area contributed by atoms with Crippen molar-refractivity contribution in [1.29, 1.82) is 0 Å². The fourth-order valence-corrected chi connectivity index (χ4v) is 4.71. The van der Waals surface area contributed by atoms with Gasteiger partial charge in [-0.05, 0) is 42.8 Å². The molecule has 4 rings (SSSR count). The summed E-state index contributed by atoms with van der Waals surface area (Å²) in [6.07, 6.45) is 1.15. The highest BCUT2D eigenvalue weighted by atomic mass is 32.2. The lowest BCUT2D eigenvalue weighted by molar-refractivity contribution is 0.102. The van der Waals surface area contributed by atoms with Gasteiger partial charge >= 0.3 is 0 Å². The number of hydrogen-bond donors (Lipinski definition) is 1. The molecule has 0 spiro atoms. The van der Waals surface area contributed by atoms with Crippen molar-refractivity contribution in [3.8, 4) is 21.8 Å².